The van der Waals surface area contributed by atoms with E-state index in [1.54, 1.807) is 16.8 Å². The van der Waals surface area contributed by atoms with E-state index in [1.807, 2.05) is 97.1 Å². The summed E-state index contributed by atoms with van der Waals surface area (Å²) < 4.78 is 1.73. The molecule has 0 aliphatic carbocycles. The molecular weight excluding hydrogens is 543 g/mol. The summed E-state index contributed by atoms with van der Waals surface area (Å²) in [5, 5.41) is 11.0. The molecular formula is C32H24Cl2N4O2. The highest BCUT2D eigenvalue weighted by atomic mass is 35.5. The van der Waals surface area contributed by atoms with E-state index >= 15 is 0 Å². The quantitative estimate of drug-likeness (QED) is 0.200. The number of carbonyl (C=O) groups is 2. The van der Waals surface area contributed by atoms with Crippen molar-refractivity contribution in [3.05, 3.63) is 148 Å². The number of hydrogen-bond donors (Lipinski definition) is 2. The van der Waals surface area contributed by atoms with Gasteiger partial charge in [-0.25, -0.2) is 4.68 Å². The molecule has 6 nitrogen and oxygen atoms in total. The summed E-state index contributed by atoms with van der Waals surface area (Å²) in [6, 6.07) is 35.2. The highest BCUT2D eigenvalue weighted by Crippen LogP contribution is 2.24. The molecule has 5 rings (SSSR count). The van der Waals surface area contributed by atoms with Crippen molar-refractivity contribution in [2.24, 2.45) is 0 Å². The summed E-state index contributed by atoms with van der Waals surface area (Å²) in [6.45, 7) is 0.280. The molecule has 0 aliphatic rings. The van der Waals surface area contributed by atoms with Gasteiger partial charge in [-0.3, -0.25) is 9.59 Å². The molecule has 198 valence electrons. The van der Waals surface area contributed by atoms with Gasteiger partial charge in [0.05, 0.1) is 27.7 Å². The van der Waals surface area contributed by atoms with Gasteiger partial charge in [0.25, 0.3) is 11.8 Å². The minimum Gasteiger partial charge on any atom is -0.347 e. The van der Waals surface area contributed by atoms with Crippen molar-refractivity contribution in [3.63, 3.8) is 0 Å². The number of hydrogen-bond acceptors (Lipinski definition) is 3. The second kappa shape index (κ2) is 12.5. The normalized spacial score (nSPS) is 11.2. The molecule has 0 bridgehead atoms. The van der Waals surface area contributed by atoms with Gasteiger partial charge < -0.3 is 10.6 Å². The maximum Gasteiger partial charge on any atom is 0.268 e. The Bertz CT molecular complexity index is 1670. The first-order valence-corrected chi connectivity index (χ1v) is 13.2. The lowest BCUT2D eigenvalue weighted by Crippen LogP contribution is -2.34. The van der Waals surface area contributed by atoms with E-state index in [4.69, 9.17) is 28.3 Å². The van der Waals surface area contributed by atoms with Crippen molar-refractivity contribution in [1.82, 2.24) is 20.4 Å². The number of para-hydroxylation sites is 1. The van der Waals surface area contributed by atoms with Crippen LogP contribution in [0.1, 0.15) is 21.6 Å². The van der Waals surface area contributed by atoms with Crippen LogP contribution in [0.2, 0.25) is 10.0 Å². The minimum absolute atomic E-state index is 0.0311. The van der Waals surface area contributed by atoms with Crippen LogP contribution in [-0.4, -0.2) is 21.6 Å². The van der Waals surface area contributed by atoms with Gasteiger partial charge in [-0.2, -0.15) is 5.10 Å². The molecule has 5 aromatic rings. The van der Waals surface area contributed by atoms with Crippen LogP contribution < -0.4 is 10.6 Å². The number of nitrogens with zero attached hydrogens (tertiary/aromatic N) is 2. The molecule has 0 fully saturated rings. The molecule has 0 spiro atoms. The first-order valence-electron chi connectivity index (χ1n) is 12.5. The van der Waals surface area contributed by atoms with E-state index < -0.39 is 11.8 Å². The zero-order chi connectivity index (χ0) is 27.9. The third-order valence-electron chi connectivity index (χ3n) is 6.06. The van der Waals surface area contributed by atoms with Crippen molar-refractivity contribution in [3.8, 4) is 16.9 Å². The molecule has 1 aromatic heterocycles. The van der Waals surface area contributed by atoms with Crippen LogP contribution in [0.3, 0.4) is 0 Å². The Kier molecular flexibility index (Phi) is 8.40. The lowest BCUT2D eigenvalue weighted by Gasteiger charge is -2.13. The molecule has 0 unspecified atom stereocenters. The Labute approximate surface area is 241 Å². The van der Waals surface area contributed by atoms with Crippen LogP contribution in [0.25, 0.3) is 23.0 Å². The summed E-state index contributed by atoms with van der Waals surface area (Å²) in [4.78, 5) is 26.7. The summed E-state index contributed by atoms with van der Waals surface area (Å²) in [6.07, 6.45) is 1.61. The summed E-state index contributed by atoms with van der Waals surface area (Å²) in [5.41, 5.74) is 4.16. The first kappa shape index (κ1) is 26.9. The number of nitrogens with one attached hydrogen (secondary N) is 2. The third-order valence-corrected chi connectivity index (χ3v) is 6.61. The maximum absolute atomic E-state index is 13.5. The highest BCUT2D eigenvalue weighted by molar-refractivity contribution is 6.36. The van der Waals surface area contributed by atoms with Crippen LogP contribution in [0, 0.1) is 0 Å². The fraction of sp³-hybridized carbons (Fsp3) is 0.0312. The average Bonchev–Trinajstić information content (AvgIpc) is 3.41. The molecule has 0 aliphatic heterocycles. The molecule has 2 N–H and O–H groups in total. The number of amides is 2. The lowest BCUT2D eigenvalue weighted by molar-refractivity contribution is -0.117. The summed E-state index contributed by atoms with van der Waals surface area (Å²) in [5.74, 6) is -1.01. The standard InChI is InChI=1S/C32H24Cl2N4O2/c33-24-16-17-27(28(34)18-24)31(39)36-30(32(40)35-21-22-10-4-1-5-11-22)20-26-19-29(23-12-6-2-7-13-23)37-38(26)25-14-8-3-9-15-25/h1-20H,21H2,(H,35,40)(H,36,39)/b30-20-. The minimum atomic E-state index is -0.545. The van der Waals surface area contributed by atoms with Crippen molar-refractivity contribution in [1.29, 1.82) is 0 Å². The average molecular weight is 567 g/mol. The fourth-order valence-corrected chi connectivity index (χ4v) is 4.56. The number of carbonyl (C=O) groups excluding carboxylic acids is 2. The van der Waals surface area contributed by atoms with Crippen LogP contribution in [0.15, 0.2) is 121 Å². The molecule has 8 heteroatoms. The van der Waals surface area contributed by atoms with Crippen molar-refractivity contribution in [2.75, 3.05) is 0 Å². The number of halogens is 2. The van der Waals surface area contributed by atoms with Crippen LogP contribution in [0.4, 0.5) is 0 Å². The zero-order valence-corrected chi connectivity index (χ0v) is 22.7. The molecule has 4 aromatic carbocycles. The predicted molar refractivity (Wildman–Crippen MR) is 159 cm³/mol. The van der Waals surface area contributed by atoms with Gasteiger partial charge in [0, 0.05) is 17.1 Å². The number of aromatic nitrogens is 2. The highest BCUT2D eigenvalue weighted by Gasteiger charge is 2.19. The van der Waals surface area contributed by atoms with Gasteiger partial charge in [-0.05, 0) is 48.0 Å². The monoisotopic (exact) mass is 566 g/mol. The van der Waals surface area contributed by atoms with E-state index in [2.05, 4.69) is 10.6 Å². The molecule has 2 amide bonds. The zero-order valence-electron chi connectivity index (χ0n) is 21.2. The largest absolute Gasteiger partial charge is 0.347 e. The van der Waals surface area contributed by atoms with Gasteiger partial charge in [0.15, 0.2) is 0 Å². The van der Waals surface area contributed by atoms with Gasteiger partial charge >= 0.3 is 0 Å². The van der Waals surface area contributed by atoms with Gasteiger partial charge in [0.2, 0.25) is 0 Å². The van der Waals surface area contributed by atoms with Crippen LogP contribution in [-0.2, 0) is 11.3 Å². The number of rotatable bonds is 8. The van der Waals surface area contributed by atoms with Crippen molar-refractivity contribution < 1.29 is 9.59 Å². The molecule has 0 radical (unpaired) electrons. The second-order valence-electron chi connectivity index (χ2n) is 8.87. The Balaban J connectivity index is 1.55. The Morgan fingerprint density at radius 2 is 1.45 bits per heavy atom. The SMILES string of the molecule is O=C(NCc1ccccc1)/C(=C/c1cc(-c2ccccc2)nn1-c1ccccc1)NC(=O)c1ccc(Cl)cc1Cl. The molecule has 40 heavy (non-hydrogen) atoms. The molecule has 0 saturated heterocycles. The Morgan fingerprint density at radius 3 is 2.12 bits per heavy atom. The van der Waals surface area contributed by atoms with E-state index in [-0.39, 0.29) is 22.8 Å². The van der Waals surface area contributed by atoms with E-state index in [0.29, 0.717) is 16.4 Å². The van der Waals surface area contributed by atoms with Crippen LogP contribution in [0.5, 0.6) is 0 Å². The Morgan fingerprint density at radius 1 is 0.800 bits per heavy atom. The summed E-state index contributed by atoms with van der Waals surface area (Å²) >= 11 is 12.3. The van der Waals surface area contributed by atoms with Gasteiger partial charge in [0.1, 0.15) is 5.70 Å². The van der Waals surface area contributed by atoms with E-state index in [9.17, 15) is 9.59 Å². The van der Waals surface area contributed by atoms with Gasteiger partial charge in [-0.1, -0.05) is 102 Å². The topological polar surface area (TPSA) is 76.0 Å². The Hall–Kier alpha value is -4.65. The molecule has 1 heterocycles. The molecule has 0 atom stereocenters. The fourth-order valence-electron chi connectivity index (χ4n) is 4.07. The second-order valence-corrected chi connectivity index (χ2v) is 9.72. The first-order chi connectivity index (χ1) is 19.5. The van der Waals surface area contributed by atoms with E-state index in [1.165, 1.54) is 12.1 Å². The smallest absolute Gasteiger partial charge is 0.268 e. The lowest BCUT2D eigenvalue weighted by atomic mass is 10.1. The van der Waals surface area contributed by atoms with Crippen molar-refractivity contribution in [2.45, 2.75) is 6.54 Å². The predicted octanol–water partition coefficient (Wildman–Crippen LogP) is 6.93. The van der Waals surface area contributed by atoms with Crippen LogP contribution >= 0.6 is 23.2 Å². The summed E-state index contributed by atoms with van der Waals surface area (Å²) in [7, 11) is 0. The van der Waals surface area contributed by atoms with Crippen molar-refractivity contribution >= 4 is 41.1 Å². The van der Waals surface area contributed by atoms with E-state index in [0.717, 1.165) is 16.8 Å². The number of benzene rings is 4. The molecule has 0 saturated carbocycles. The third kappa shape index (κ3) is 6.49. The van der Waals surface area contributed by atoms with Gasteiger partial charge in [-0.15, -0.1) is 0 Å². The maximum atomic E-state index is 13.5.